The van der Waals surface area contributed by atoms with Gasteiger partial charge in [-0.1, -0.05) is 23.9 Å². The Morgan fingerprint density at radius 1 is 1.16 bits per heavy atom. The molecule has 0 radical (unpaired) electrons. The summed E-state index contributed by atoms with van der Waals surface area (Å²) >= 11 is 2.85. The number of aliphatic carboxylic acids is 2. The Balaban J connectivity index is 0.000000427. The van der Waals surface area contributed by atoms with Gasteiger partial charge in [0.2, 0.25) is 0 Å². The Kier molecular flexibility index (Phi) is 7.96. The highest BCUT2D eigenvalue weighted by atomic mass is 32.2. The second kappa shape index (κ2) is 10.5. The Bertz CT molecular complexity index is 927. The van der Waals surface area contributed by atoms with Crippen LogP contribution >= 0.6 is 23.5 Å². The smallest absolute Gasteiger partial charge is 0.473 e. The number of rotatable bonds is 5. The zero-order valence-electron chi connectivity index (χ0n) is 16.6. The van der Waals surface area contributed by atoms with Gasteiger partial charge in [-0.3, -0.25) is 0 Å². The molecule has 2 aliphatic rings. The van der Waals surface area contributed by atoms with Crippen LogP contribution in [-0.2, 0) is 15.3 Å². The number of carboxylic acids is 2. The summed E-state index contributed by atoms with van der Waals surface area (Å²) in [5.41, 5.74) is 2.03. The molecule has 174 valence electrons. The normalized spacial score (nSPS) is 22.0. The molecule has 2 aromatic rings. The van der Waals surface area contributed by atoms with Crippen LogP contribution in [0.2, 0.25) is 0 Å². The topological polar surface area (TPSA) is 113 Å². The maximum absolute atomic E-state index is 12.2. The fraction of sp³-hybridized carbons (Fsp3) is 0.474. The molecule has 2 aliphatic heterocycles. The second-order valence-electron chi connectivity index (χ2n) is 7.31. The van der Waals surface area contributed by atoms with Gasteiger partial charge in [0.15, 0.2) is 0 Å². The number of halogens is 3. The number of benzene rings is 1. The van der Waals surface area contributed by atoms with Gasteiger partial charge in [0, 0.05) is 24.8 Å². The molecule has 13 heteroatoms. The molecular formula is C19H20F3N3O5S2. The Morgan fingerprint density at radius 3 is 2.44 bits per heavy atom. The fourth-order valence-electron chi connectivity index (χ4n) is 3.78. The molecule has 0 saturated carbocycles. The number of ether oxygens (including phenoxy) is 1. The van der Waals surface area contributed by atoms with E-state index in [1.165, 1.54) is 43.2 Å². The summed E-state index contributed by atoms with van der Waals surface area (Å²) in [5, 5.41) is 15.7. The highest BCUT2D eigenvalue weighted by Gasteiger charge is 2.39. The van der Waals surface area contributed by atoms with Crippen LogP contribution in [0.15, 0.2) is 29.3 Å². The lowest BCUT2D eigenvalue weighted by Gasteiger charge is -2.21. The molecule has 3 heterocycles. The first-order valence-corrected chi connectivity index (χ1v) is 11.3. The molecule has 8 nitrogen and oxygen atoms in total. The quantitative estimate of drug-likeness (QED) is 0.478. The number of fused-ring (bicyclic) bond motifs is 2. The fourth-order valence-corrected chi connectivity index (χ4v) is 5.50. The molecule has 0 amide bonds. The first kappa shape index (κ1) is 24.3. The van der Waals surface area contributed by atoms with Crippen molar-refractivity contribution in [3.63, 3.8) is 0 Å². The summed E-state index contributed by atoms with van der Waals surface area (Å²) in [4.78, 5) is 20.7. The summed E-state index contributed by atoms with van der Waals surface area (Å²) in [7, 11) is 0. The van der Waals surface area contributed by atoms with E-state index >= 15 is 0 Å². The summed E-state index contributed by atoms with van der Waals surface area (Å²) in [6.07, 6.45) is -2.15. The van der Waals surface area contributed by atoms with Gasteiger partial charge in [0.1, 0.15) is 10.8 Å². The highest BCUT2D eigenvalue weighted by molar-refractivity contribution is 7.98. The predicted octanol–water partition coefficient (Wildman–Crippen LogP) is 3.69. The van der Waals surface area contributed by atoms with Gasteiger partial charge in [-0.2, -0.15) is 8.75 Å². The van der Waals surface area contributed by atoms with Crippen LogP contribution in [-0.4, -0.2) is 61.8 Å². The van der Waals surface area contributed by atoms with Crippen molar-refractivity contribution in [2.24, 2.45) is 5.92 Å². The lowest BCUT2D eigenvalue weighted by molar-refractivity contribution is -0.274. The molecule has 32 heavy (non-hydrogen) atoms. The first-order chi connectivity index (χ1) is 15.1. The third kappa shape index (κ3) is 6.81. The van der Waals surface area contributed by atoms with Gasteiger partial charge in [0.25, 0.3) is 0 Å². The second-order valence-corrected chi connectivity index (χ2v) is 8.81. The average Bonchev–Trinajstić information content (AvgIpc) is 3.30. The SMILES string of the molecule is FC(F)(F)Oc1ccc(CSc2nsnc2C2CN3CCCC2C3)cc1.O=C(O)C(=O)O. The van der Waals surface area contributed by atoms with Crippen molar-refractivity contribution < 1.29 is 37.7 Å². The van der Waals surface area contributed by atoms with Crippen molar-refractivity contribution in [3.05, 3.63) is 35.5 Å². The Labute approximate surface area is 189 Å². The first-order valence-electron chi connectivity index (χ1n) is 9.61. The van der Waals surface area contributed by atoms with E-state index < -0.39 is 18.3 Å². The van der Waals surface area contributed by atoms with Crippen LogP contribution in [0.3, 0.4) is 0 Å². The molecule has 2 fully saturated rings. The molecule has 2 saturated heterocycles. The van der Waals surface area contributed by atoms with Crippen LogP contribution in [0.5, 0.6) is 5.75 Å². The number of hydrogen-bond donors (Lipinski definition) is 2. The molecule has 2 bridgehead atoms. The summed E-state index contributed by atoms with van der Waals surface area (Å²) in [5.74, 6) is -2.07. The zero-order valence-corrected chi connectivity index (χ0v) is 18.3. The van der Waals surface area contributed by atoms with Crippen LogP contribution in [0.25, 0.3) is 0 Å². The van der Waals surface area contributed by atoms with Gasteiger partial charge in [-0.05, 0) is 43.0 Å². The van der Waals surface area contributed by atoms with E-state index in [0.29, 0.717) is 17.6 Å². The number of carbonyl (C=O) groups is 2. The summed E-state index contributed by atoms with van der Waals surface area (Å²) in [6, 6.07) is 6.00. The van der Waals surface area contributed by atoms with Crippen molar-refractivity contribution in [1.29, 1.82) is 0 Å². The molecule has 3 unspecified atom stereocenters. The van der Waals surface area contributed by atoms with Crippen LogP contribution < -0.4 is 4.74 Å². The maximum atomic E-state index is 12.2. The predicted molar refractivity (Wildman–Crippen MR) is 110 cm³/mol. The lowest BCUT2D eigenvalue weighted by atomic mass is 9.89. The van der Waals surface area contributed by atoms with Crippen molar-refractivity contribution >= 4 is 35.4 Å². The van der Waals surface area contributed by atoms with E-state index in [2.05, 4.69) is 18.4 Å². The monoisotopic (exact) mass is 491 g/mol. The minimum atomic E-state index is -4.66. The van der Waals surface area contributed by atoms with E-state index in [-0.39, 0.29) is 5.75 Å². The Morgan fingerprint density at radius 2 is 1.84 bits per heavy atom. The highest BCUT2D eigenvalue weighted by Crippen LogP contribution is 2.41. The standard InChI is InChI=1S/C17H18F3N3OS2.C2H2O4/c18-17(19,20)24-13-5-3-11(4-6-13)10-25-16-15(21-26-22-16)14-9-23-7-1-2-12(14)8-23;3-1(4)2(5)6/h3-6,12,14H,1-2,7-10H2;(H,3,4)(H,5,6). The molecule has 1 aromatic heterocycles. The number of aromatic nitrogens is 2. The molecule has 0 spiro atoms. The van der Waals surface area contributed by atoms with Gasteiger partial charge in [0.05, 0.1) is 17.4 Å². The van der Waals surface area contributed by atoms with E-state index in [9.17, 15) is 13.2 Å². The van der Waals surface area contributed by atoms with Gasteiger partial charge >= 0.3 is 18.3 Å². The summed E-state index contributed by atoms with van der Waals surface area (Å²) < 4.78 is 49.6. The van der Waals surface area contributed by atoms with E-state index in [1.807, 2.05) is 0 Å². The van der Waals surface area contributed by atoms with Gasteiger partial charge < -0.3 is 19.8 Å². The van der Waals surface area contributed by atoms with Gasteiger partial charge in [-0.25, -0.2) is 9.59 Å². The molecule has 2 N–H and O–H groups in total. The minimum absolute atomic E-state index is 0.199. The van der Waals surface area contributed by atoms with Crippen molar-refractivity contribution in [2.75, 3.05) is 19.6 Å². The molecule has 0 aliphatic carbocycles. The molecule has 4 rings (SSSR count). The summed E-state index contributed by atoms with van der Waals surface area (Å²) in [6.45, 7) is 3.40. The average molecular weight is 492 g/mol. The van der Waals surface area contributed by atoms with Crippen LogP contribution in [0, 0.1) is 5.92 Å². The molecule has 3 atom stereocenters. The number of nitrogens with zero attached hydrogens (tertiary/aromatic N) is 3. The van der Waals surface area contributed by atoms with Crippen molar-refractivity contribution in [2.45, 2.75) is 35.9 Å². The third-order valence-electron chi connectivity index (χ3n) is 5.11. The number of carboxylic acid groups (broad SMARTS) is 2. The van der Waals surface area contributed by atoms with Crippen molar-refractivity contribution in [1.82, 2.24) is 13.6 Å². The zero-order chi connectivity index (χ0) is 23.3. The lowest BCUT2D eigenvalue weighted by Crippen LogP contribution is -2.25. The van der Waals surface area contributed by atoms with E-state index in [0.717, 1.165) is 29.4 Å². The maximum Gasteiger partial charge on any atom is 0.573 e. The Hall–Kier alpha value is -2.38. The van der Waals surface area contributed by atoms with Crippen LogP contribution in [0.1, 0.15) is 30.0 Å². The van der Waals surface area contributed by atoms with E-state index in [1.54, 1.807) is 23.9 Å². The molecule has 1 aromatic carbocycles. The molecular weight excluding hydrogens is 471 g/mol. The number of thioether (sulfide) groups is 1. The largest absolute Gasteiger partial charge is 0.573 e. The van der Waals surface area contributed by atoms with Crippen molar-refractivity contribution in [3.8, 4) is 5.75 Å². The number of piperidine rings is 1. The number of hydrogen-bond acceptors (Lipinski definition) is 8. The number of alkyl halides is 3. The van der Waals surface area contributed by atoms with E-state index in [4.69, 9.17) is 19.8 Å². The third-order valence-corrected chi connectivity index (χ3v) is 6.82. The van der Waals surface area contributed by atoms with Gasteiger partial charge in [-0.15, -0.1) is 13.2 Å². The van der Waals surface area contributed by atoms with Crippen LogP contribution in [0.4, 0.5) is 13.2 Å². The minimum Gasteiger partial charge on any atom is -0.473 e.